The van der Waals surface area contributed by atoms with Crippen molar-refractivity contribution in [3.8, 4) is 12.3 Å². The molecule has 0 aliphatic rings. The Labute approximate surface area is 122 Å². The summed E-state index contributed by atoms with van der Waals surface area (Å²) in [5.41, 5.74) is 1.05. The lowest BCUT2D eigenvalue weighted by molar-refractivity contribution is 0.563. The van der Waals surface area contributed by atoms with E-state index in [-0.39, 0.29) is 10.9 Å². The Morgan fingerprint density at radius 3 is 2.30 bits per heavy atom. The molecule has 4 nitrogen and oxygen atoms in total. The zero-order valence-electron chi connectivity index (χ0n) is 12.2. The number of hydrogen-bond donors (Lipinski definition) is 2. The number of rotatable bonds is 7. The van der Waals surface area contributed by atoms with Crippen LogP contribution in [0.3, 0.4) is 0 Å². The fourth-order valence-corrected chi connectivity index (χ4v) is 2.90. The first kappa shape index (κ1) is 16.7. The van der Waals surface area contributed by atoms with Crippen molar-refractivity contribution in [1.82, 2.24) is 10.0 Å². The highest BCUT2D eigenvalue weighted by Crippen LogP contribution is 2.11. The fourth-order valence-electron chi connectivity index (χ4n) is 1.66. The normalized spacial score (nSPS) is 13.2. The largest absolute Gasteiger partial charge is 0.310 e. The Hall–Kier alpha value is -1.35. The van der Waals surface area contributed by atoms with Gasteiger partial charge < -0.3 is 5.32 Å². The molecular weight excluding hydrogens is 272 g/mol. The molecule has 5 heteroatoms. The van der Waals surface area contributed by atoms with E-state index in [1.165, 1.54) is 0 Å². The van der Waals surface area contributed by atoms with Gasteiger partial charge >= 0.3 is 0 Å². The molecule has 1 unspecified atom stereocenters. The van der Waals surface area contributed by atoms with Crippen molar-refractivity contribution in [3.05, 3.63) is 29.8 Å². The molecule has 1 aromatic carbocycles. The van der Waals surface area contributed by atoms with Crippen LogP contribution < -0.4 is 10.0 Å². The van der Waals surface area contributed by atoms with Crippen LogP contribution in [0.1, 0.15) is 32.8 Å². The SMILES string of the molecule is C#CCC(C)NS(=O)(=O)c1ccc(CNC(C)C)cc1. The van der Waals surface area contributed by atoms with Crippen LogP contribution in [0.15, 0.2) is 29.2 Å². The Balaban J connectivity index is 2.74. The molecule has 2 N–H and O–H groups in total. The minimum Gasteiger partial charge on any atom is -0.310 e. The second kappa shape index (κ2) is 7.44. The molecule has 0 fully saturated rings. The predicted octanol–water partition coefficient (Wildman–Crippen LogP) is 1.87. The lowest BCUT2D eigenvalue weighted by Crippen LogP contribution is -2.32. The summed E-state index contributed by atoms with van der Waals surface area (Å²) in [7, 11) is -3.50. The van der Waals surface area contributed by atoms with Gasteiger partial charge in [0, 0.05) is 25.0 Å². The molecule has 0 heterocycles. The van der Waals surface area contributed by atoms with E-state index in [1.807, 2.05) is 12.1 Å². The molecule has 0 aliphatic carbocycles. The predicted molar refractivity (Wildman–Crippen MR) is 81.7 cm³/mol. The van der Waals surface area contributed by atoms with Crippen LogP contribution in [0.4, 0.5) is 0 Å². The number of benzene rings is 1. The molecule has 110 valence electrons. The van der Waals surface area contributed by atoms with Crippen LogP contribution in [0, 0.1) is 12.3 Å². The van der Waals surface area contributed by atoms with Gasteiger partial charge in [-0.25, -0.2) is 13.1 Å². The summed E-state index contributed by atoms with van der Waals surface area (Å²) in [6.07, 6.45) is 5.54. The molecule has 20 heavy (non-hydrogen) atoms. The van der Waals surface area contributed by atoms with E-state index in [0.717, 1.165) is 12.1 Å². The Morgan fingerprint density at radius 2 is 1.80 bits per heavy atom. The first-order valence-electron chi connectivity index (χ1n) is 6.63. The highest BCUT2D eigenvalue weighted by molar-refractivity contribution is 7.89. The molecule has 0 aromatic heterocycles. The quantitative estimate of drug-likeness (QED) is 0.755. The summed E-state index contributed by atoms with van der Waals surface area (Å²) in [4.78, 5) is 0.259. The van der Waals surface area contributed by atoms with Gasteiger partial charge in [0.25, 0.3) is 0 Å². The van der Waals surface area contributed by atoms with Gasteiger partial charge in [-0.15, -0.1) is 12.3 Å². The van der Waals surface area contributed by atoms with Crippen molar-refractivity contribution in [2.24, 2.45) is 0 Å². The third kappa shape index (κ3) is 5.33. The van der Waals surface area contributed by atoms with E-state index < -0.39 is 10.0 Å². The molecule has 0 saturated carbocycles. The first-order valence-corrected chi connectivity index (χ1v) is 8.11. The van der Waals surface area contributed by atoms with Gasteiger partial charge in [0.1, 0.15) is 0 Å². The molecule has 0 radical (unpaired) electrons. The van der Waals surface area contributed by atoms with E-state index in [9.17, 15) is 8.42 Å². The Morgan fingerprint density at radius 1 is 1.20 bits per heavy atom. The number of nitrogens with one attached hydrogen (secondary N) is 2. The molecule has 0 aliphatic heterocycles. The fraction of sp³-hybridized carbons (Fsp3) is 0.467. The van der Waals surface area contributed by atoms with Crippen molar-refractivity contribution in [1.29, 1.82) is 0 Å². The molecular formula is C15H22N2O2S. The second-order valence-corrected chi connectivity index (χ2v) is 6.82. The van der Waals surface area contributed by atoms with Crippen LogP contribution in [-0.2, 0) is 16.6 Å². The second-order valence-electron chi connectivity index (χ2n) is 5.11. The summed E-state index contributed by atoms with van der Waals surface area (Å²) in [5, 5.41) is 3.28. The molecule has 1 rings (SSSR count). The van der Waals surface area contributed by atoms with Gasteiger partial charge in [0.15, 0.2) is 0 Å². The van der Waals surface area contributed by atoms with Gasteiger partial charge in [0.2, 0.25) is 10.0 Å². The van der Waals surface area contributed by atoms with E-state index in [1.54, 1.807) is 19.1 Å². The van der Waals surface area contributed by atoms with Gasteiger partial charge in [-0.1, -0.05) is 26.0 Å². The van der Waals surface area contributed by atoms with Crippen LogP contribution in [-0.4, -0.2) is 20.5 Å². The minimum absolute atomic E-state index is 0.259. The summed E-state index contributed by atoms with van der Waals surface area (Å²) in [6, 6.07) is 6.98. The maximum absolute atomic E-state index is 12.1. The van der Waals surface area contributed by atoms with Crippen molar-refractivity contribution in [2.45, 2.75) is 50.7 Å². The van der Waals surface area contributed by atoms with Crippen molar-refractivity contribution in [3.63, 3.8) is 0 Å². The van der Waals surface area contributed by atoms with Gasteiger partial charge in [-0.2, -0.15) is 0 Å². The van der Waals surface area contributed by atoms with Crippen molar-refractivity contribution in [2.75, 3.05) is 0 Å². The third-order valence-electron chi connectivity index (χ3n) is 2.73. The number of hydrogen-bond acceptors (Lipinski definition) is 3. The number of terminal acetylenes is 1. The lowest BCUT2D eigenvalue weighted by Gasteiger charge is -2.12. The topological polar surface area (TPSA) is 58.2 Å². The lowest BCUT2D eigenvalue weighted by atomic mass is 10.2. The van der Waals surface area contributed by atoms with E-state index in [0.29, 0.717) is 12.5 Å². The van der Waals surface area contributed by atoms with Gasteiger partial charge in [0.05, 0.1) is 4.90 Å². The summed E-state index contributed by atoms with van der Waals surface area (Å²) in [5.74, 6) is 2.44. The zero-order valence-corrected chi connectivity index (χ0v) is 13.0. The summed E-state index contributed by atoms with van der Waals surface area (Å²) < 4.78 is 26.8. The molecule has 1 aromatic rings. The highest BCUT2D eigenvalue weighted by Gasteiger charge is 2.16. The van der Waals surface area contributed by atoms with Gasteiger partial charge in [-0.05, 0) is 24.6 Å². The summed E-state index contributed by atoms with van der Waals surface area (Å²) in [6.45, 7) is 6.60. The smallest absolute Gasteiger partial charge is 0.240 e. The van der Waals surface area contributed by atoms with Crippen LogP contribution in [0.5, 0.6) is 0 Å². The highest BCUT2D eigenvalue weighted by atomic mass is 32.2. The van der Waals surface area contributed by atoms with Crippen LogP contribution in [0.25, 0.3) is 0 Å². The standard InChI is InChI=1S/C15H22N2O2S/c1-5-6-13(4)17-20(18,19)15-9-7-14(8-10-15)11-16-12(2)3/h1,7-10,12-13,16-17H,6,11H2,2-4H3. The minimum atomic E-state index is -3.50. The third-order valence-corrected chi connectivity index (χ3v) is 4.33. The van der Waals surface area contributed by atoms with Crippen molar-refractivity contribution < 1.29 is 8.42 Å². The zero-order chi connectivity index (χ0) is 15.2. The maximum Gasteiger partial charge on any atom is 0.240 e. The van der Waals surface area contributed by atoms with E-state index in [2.05, 4.69) is 29.8 Å². The Kier molecular flexibility index (Phi) is 6.21. The van der Waals surface area contributed by atoms with Crippen LogP contribution >= 0.6 is 0 Å². The Bertz CT molecular complexity index is 557. The molecule has 0 saturated heterocycles. The van der Waals surface area contributed by atoms with Crippen LogP contribution in [0.2, 0.25) is 0 Å². The molecule has 0 spiro atoms. The van der Waals surface area contributed by atoms with E-state index in [4.69, 9.17) is 6.42 Å². The number of sulfonamides is 1. The summed E-state index contributed by atoms with van der Waals surface area (Å²) >= 11 is 0. The monoisotopic (exact) mass is 294 g/mol. The average Bonchev–Trinajstić information content (AvgIpc) is 2.36. The van der Waals surface area contributed by atoms with Crippen molar-refractivity contribution >= 4 is 10.0 Å². The molecule has 0 bridgehead atoms. The average molecular weight is 294 g/mol. The first-order chi connectivity index (χ1) is 9.35. The maximum atomic E-state index is 12.1. The van der Waals surface area contributed by atoms with E-state index >= 15 is 0 Å². The molecule has 1 atom stereocenters. The van der Waals surface area contributed by atoms with Gasteiger partial charge in [-0.3, -0.25) is 0 Å². The molecule has 0 amide bonds.